The van der Waals surface area contributed by atoms with E-state index in [1.54, 1.807) is 39.0 Å². The van der Waals surface area contributed by atoms with Crippen LogP contribution >= 0.6 is 11.6 Å². The van der Waals surface area contributed by atoms with Gasteiger partial charge in [-0.3, -0.25) is 10.1 Å². The van der Waals surface area contributed by atoms with Gasteiger partial charge >= 0.3 is 12.1 Å². The van der Waals surface area contributed by atoms with Crippen molar-refractivity contribution < 1.29 is 19.1 Å². The lowest BCUT2D eigenvalue weighted by atomic mass is 10.1. The van der Waals surface area contributed by atoms with Gasteiger partial charge in [0.25, 0.3) is 0 Å². The topological polar surface area (TPSA) is 64.6 Å². The largest absolute Gasteiger partial charge is 0.469 e. The number of nitrogens with one attached hydrogen (secondary N) is 1. The van der Waals surface area contributed by atoms with Crippen LogP contribution in [0.3, 0.4) is 0 Å². The van der Waals surface area contributed by atoms with E-state index in [4.69, 9.17) is 16.3 Å². The molecule has 0 atom stereocenters. The predicted molar refractivity (Wildman–Crippen MR) is 81.6 cm³/mol. The van der Waals surface area contributed by atoms with Crippen LogP contribution in [-0.2, 0) is 20.7 Å². The summed E-state index contributed by atoms with van der Waals surface area (Å²) >= 11 is 6.13. The number of methoxy groups -OCH3 is 1. The summed E-state index contributed by atoms with van der Waals surface area (Å²) < 4.78 is 9.80. The molecule has 1 N–H and O–H groups in total. The highest BCUT2D eigenvalue weighted by Gasteiger charge is 2.18. The number of halogens is 1. The van der Waals surface area contributed by atoms with Crippen molar-refractivity contribution in [2.24, 2.45) is 0 Å². The Hall–Kier alpha value is -1.75. The Balaban J connectivity index is 2.84. The van der Waals surface area contributed by atoms with E-state index in [0.29, 0.717) is 22.7 Å². The summed E-state index contributed by atoms with van der Waals surface area (Å²) in [5.74, 6) is -0.335. The summed E-state index contributed by atoms with van der Waals surface area (Å²) in [6.45, 7) is 5.34. The van der Waals surface area contributed by atoms with Crippen molar-refractivity contribution >= 4 is 29.4 Å². The second-order valence-electron chi connectivity index (χ2n) is 5.47. The molecule has 21 heavy (non-hydrogen) atoms. The van der Waals surface area contributed by atoms with Crippen LogP contribution in [0.15, 0.2) is 18.2 Å². The van der Waals surface area contributed by atoms with E-state index < -0.39 is 11.7 Å². The zero-order valence-corrected chi connectivity index (χ0v) is 13.4. The third-order valence-electron chi connectivity index (χ3n) is 2.56. The van der Waals surface area contributed by atoms with E-state index in [1.165, 1.54) is 7.11 Å². The molecular weight excluding hydrogens is 294 g/mol. The number of esters is 1. The normalized spacial score (nSPS) is 10.9. The molecule has 0 spiro atoms. The number of carbonyl (C=O) groups is 2. The molecule has 0 heterocycles. The minimum absolute atomic E-state index is 0.184. The summed E-state index contributed by atoms with van der Waals surface area (Å²) in [7, 11) is 1.33. The highest BCUT2D eigenvalue weighted by atomic mass is 35.5. The first-order valence-electron chi connectivity index (χ1n) is 6.57. The monoisotopic (exact) mass is 313 g/mol. The maximum atomic E-state index is 11.8. The van der Waals surface area contributed by atoms with Gasteiger partial charge in [-0.15, -0.1) is 0 Å². The minimum Gasteiger partial charge on any atom is -0.469 e. The second-order valence-corrected chi connectivity index (χ2v) is 5.88. The molecule has 0 aliphatic carbocycles. The highest BCUT2D eigenvalue weighted by Crippen LogP contribution is 2.26. The molecule has 116 valence electrons. The molecule has 0 bridgehead atoms. The van der Waals surface area contributed by atoms with Crippen molar-refractivity contribution in [3.63, 3.8) is 0 Å². The van der Waals surface area contributed by atoms with Crippen LogP contribution in [0.5, 0.6) is 0 Å². The average molecular weight is 314 g/mol. The fourth-order valence-corrected chi connectivity index (χ4v) is 1.94. The molecule has 0 aliphatic heterocycles. The van der Waals surface area contributed by atoms with Crippen molar-refractivity contribution in [2.75, 3.05) is 12.4 Å². The van der Waals surface area contributed by atoms with Crippen LogP contribution in [-0.4, -0.2) is 24.8 Å². The molecule has 0 unspecified atom stereocenters. The van der Waals surface area contributed by atoms with Crippen LogP contribution in [0.4, 0.5) is 10.5 Å². The van der Waals surface area contributed by atoms with Crippen LogP contribution in [0.25, 0.3) is 0 Å². The van der Waals surface area contributed by atoms with Gasteiger partial charge in [0, 0.05) is 17.1 Å². The zero-order chi connectivity index (χ0) is 16.0. The van der Waals surface area contributed by atoms with Gasteiger partial charge in [-0.2, -0.15) is 0 Å². The third-order valence-corrected chi connectivity index (χ3v) is 2.92. The van der Waals surface area contributed by atoms with Crippen LogP contribution in [0.1, 0.15) is 32.8 Å². The Morgan fingerprint density at radius 2 is 1.95 bits per heavy atom. The number of benzene rings is 1. The second kappa shape index (κ2) is 7.31. The molecule has 1 aromatic rings. The SMILES string of the molecule is COC(=O)CCc1c(Cl)cccc1NC(=O)OC(C)(C)C. The number of hydrogen-bond donors (Lipinski definition) is 1. The van der Waals surface area contributed by atoms with E-state index in [9.17, 15) is 9.59 Å². The zero-order valence-electron chi connectivity index (χ0n) is 12.7. The van der Waals surface area contributed by atoms with Crippen molar-refractivity contribution in [3.05, 3.63) is 28.8 Å². The fourth-order valence-electron chi connectivity index (χ4n) is 1.67. The first kappa shape index (κ1) is 17.3. The van der Waals surface area contributed by atoms with E-state index in [0.717, 1.165) is 0 Å². The van der Waals surface area contributed by atoms with Gasteiger partial charge in [-0.05, 0) is 44.9 Å². The lowest BCUT2D eigenvalue weighted by molar-refractivity contribution is -0.140. The van der Waals surface area contributed by atoms with Crippen LogP contribution in [0.2, 0.25) is 5.02 Å². The molecule has 0 fully saturated rings. The van der Waals surface area contributed by atoms with Gasteiger partial charge in [-0.25, -0.2) is 4.79 Å². The number of carbonyl (C=O) groups excluding carboxylic acids is 2. The van der Waals surface area contributed by atoms with Crippen molar-refractivity contribution in [2.45, 2.75) is 39.2 Å². The molecule has 0 saturated carbocycles. The smallest absolute Gasteiger partial charge is 0.412 e. The van der Waals surface area contributed by atoms with Crippen LogP contribution < -0.4 is 5.32 Å². The lowest BCUT2D eigenvalue weighted by Crippen LogP contribution is -2.27. The predicted octanol–water partition coefficient (Wildman–Crippen LogP) is 3.79. The summed E-state index contributed by atoms with van der Waals surface area (Å²) in [5, 5.41) is 3.13. The van der Waals surface area contributed by atoms with E-state index in [2.05, 4.69) is 10.1 Å². The number of rotatable bonds is 4. The minimum atomic E-state index is -0.588. The molecule has 5 nitrogen and oxygen atoms in total. The first-order chi connectivity index (χ1) is 9.73. The van der Waals surface area contributed by atoms with E-state index in [1.807, 2.05) is 0 Å². The fraction of sp³-hybridized carbons (Fsp3) is 0.467. The van der Waals surface area contributed by atoms with Gasteiger partial charge in [0.2, 0.25) is 0 Å². The lowest BCUT2D eigenvalue weighted by Gasteiger charge is -2.20. The molecule has 6 heteroatoms. The number of amides is 1. The molecule has 0 aromatic heterocycles. The maximum Gasteiger partial charge on any atom is 0.412 e. The number of hydrogen-bond acceptors (Lipinski definition) is 4. The highest BCUT2D eigenvalue weighted by molar-refractivity contribution is 6.31. The Morgan fingerprint density at radius 3 is 2.52 bits per heavy atom. The van der Waals surface area contributed by atoms with Crippen molar-refractivity contribution in [1.82, 2.24) is 0 Å². The molecule has 1 amide bonds. The molecule has 0 aliphatic rings. The Morgan fingerprint density at radius 1 is 1.29 bits per heavy atom. The van der Waals surface area contributed by atoms with Gasteiger partial charge < -0.3 is 9.47 Å². The Kier molecular flexibility index (Phi) is 6.03. The molecular formula is C15H20ClNO4. The molecule has 1 rings (SSSR count). The summed E-state index contributed by atoms with van der Waals surface area (Å²) in [4.78, 5) is 23.1. The Bertz CT molecular complexity index is 523. The summed E-state index contributed by atoms with van der Waals surface area (Å²) in [5.41, 5.74) is 0.616. The summed E-state index contributed by atoms with van der Waals surface area (Å²) in [6, 6.07) is 5.13. The molecule has 1 aromatic carbocycles. The van der Waals surface area contributed by atoms with Gasteiger partial charge in [0.1, 0.15) is 5.60 Å². The van der Waals surface area contributed by atoms with Gasteiger partial charge in [-0.1, -0.05) is 17.7 Å². The average Bonchev–Trinajstić information content (AvgIpc) is 2.35. The quantitative estimate of drug-likeness (QED) is 0.859. The van der Waals surface area contributed by atoms with E-state index in [-0.39, 0.29) is 12.4 Å². The van der Waals surface area contributed by atoms with Gasteiger partial charge in [0.15, 0.2) is 0 Å². The molecule has 0 saturated heterocycles. The number of anilines is 1. The first-order valence-corrected chi connectivity index (χ1v) is 6.95. The van der Waals surface area contributed by atoms with Crippen molar-refractivity contribution in [1.29, 1.82) is 0 Å². The molecule has 0 radical (unpaired) electrons. The van der Waals surface area contributed by atoms with Gasteiger partial charge in [0.05, 0.1) is 7.11 Å². The Labute approximate surface area is 129 Å². The third kappa shape index (κ3) is 6.04. The van der Waals surface area contributed by atoms with Crippen LogP contribution in [0, 0.1) is 0 Å². The summed E-state index contributed by atoms with van der Waals surface area (Å²) in [6.07, 6.45) is -0.00940. The number of ether oxygens (including phenoxy) is 2. The van der Waals surface area contributed by atoms with Crippen molar-refractivity contribution in [3.8, 4) is 0 Å². The van der Waals surface area contributed by atoms with E-state index >= 15 is 0 Å². The maximum absolute atomic E-state index is 11.8. The standard InChI is InChI=1S/C15H20ClNO4/c1-15(2,3)21-14(19)17-12-7-5-6-11(16)10(12)8-9-13(18)20-4/h5-7H,8-9H2,1-4H3,(H,17,19).